The van der Waals surface area contributed by atoms with Gasteiger partial charge in [0, 0.05) is 31.7 Å². The van der Waals surface area contributed by atoms with E-state index in [0.29, 0.717) is 25.3 Å². The molecule has 0 saturated carbocycles. The van der Waals surface area contributed by atoms with Gasteiger partial charge in [-0.15, -0.1) is 16.8 Å². The molecule has 0 atom stereocenters. The van der Waals surface area contributed by atoms with Crippen LogP contribution in [0.15, 0.2) is 72.4 Å². The van der Waals surface area contributed by atoms with Crippen molar-refractivity contribution in [2.24, 2.45) is 0 Å². The van der Waals surface area contributed by atoms with E-state index in [4.69, 9.17) is 4.74 Å². The van der Waals surface area contributed by atoms with Crippen LogP contribution in [0.1, 0.15) is 23.4 Å². The number of nitrogens with one attached hydrogen (secondary N) is 1. The van der Waals surface area contributed by atoms with Gasteiger partial charge >= 0.3 is 0 Å². The van der Waals surface area contributed by atoms with E-state index in [1.807, 2.05) is 48.5 Å². The number of hydrogen-bond acceptors (Lipinski definition) is 5. The lowest BCUT2D eigenvalue weighted by Gasteiger charge is -2.08. The molecule has 1 heterocycles. The van der Waals surface area contributed by atoms with Gasteiger partial charge in [-0.05, 0) is 29.7 Å². The van der Waals surface area contributed by atoms with Crippen LogP contribution in [0.5, 0.6) is 5.75 Å². The number of methoxy groups -OCH3 is 1. The second-order valence-corrected chi connectivity index (χ2v) is 8.07. The summed E-state index contributed by atoms with van der Waals surface area (Å²) in [7, 11) is 1.64. The Hall–Kier alpha value is -3.06. The number of thioether (sulfide) groups is 1. The van der Waals surface area contributed by atoms with Gasteiger partial charge in [-0.1, -0.05) is 60.3 Å². The smallest absolute Gasteiger partial charge is 0.221 e. The van der Waals surface area contributed by atoms with Crippen molar-refractivity contribution in [2.75, 3.05) is 12.9 Å². The van der Waals surface area contributed by atoms with Gasteiger partial charge in [0.05, 0.1) is 7.11 Å². The largest absolute Gasteiger partial charge is 0.497 e. The minimum absolute atomic E-state index is 0.0161. The van der Waals surface area contributed by atoms with Gasteiger partial charge in [-0.2, -0.15) is 0 Å². The van der Waals surface area contributed by atoms with E-state index in [2.05, 4.69) is 38.8 Å². The summed E-state index contributed by atoms with van der Waals surface area (Å²) >= 11 is 1.55. The number of aromatic nitrogens is 3. The average Bonchev–Trinajstić information content (AvgIpc) is 3.19. The highest BCUT2D eigenvalue weighted by Gasteiger charge is 2.12. The maximum absolute atomic E-state index is 12.2. The number of rotatable bonds is 12. The van der Waals surface area contributed by atoms with Crippen LogP contribution < -0.4 is 10.1 Å². The summed E-state index contributed by atoms with van der Waals surface area (Å²) in [6, 6.07) is 18.0. The van der Waals surface area contributed by atoms with Crippen molar-refractivity contribution < 1.29 is 9.53 Å². The highest BCUT2D eigenvalue weighted by Crippen LogP contribution is 2.19. The van der Waals surface area contributed by atoms with Crippen LogP contribution in [0.25, 0.3) is 0 Å². The van der Waals surface area contributed by atoms with Gasteiger partial charge in [0.1, 0.15) is 11.6 Å². The molecule has 0 aliphatic rings. The Balaban J connectivity index is 1.47. The molecule has 0 aliphatic heterocycles. The standard InChI is InChI=1S/C24H28N4O2S/c1-3-16-28-22(14-11-19-7-5-4-6-8-19)26-27-24(28)31-17-15-23(29)25-18-20-9-12-21(30-2)13-10-20/h3-10,12-13H,1,11,14-18H2,2H3,(H,25,29). The minimum atomic E-state index is 0.0161. The van der Waals surface area contributed by atoms with Crippen LogP contribution in [0.2, 0.25) is 0 Å². The number of allylic oxidation sites excluding steroid dienone is 1. The number of hydrogen-bond donors (Lipinski definition) is 1. The molecule has 31 heavy (non-hydrogen) atoms. The number of nitrogens with zero attached hydrogens (tertiary/aromatic N) is 3. The van der Waals surface area contributed by atoms with Crippen LogP contribution >= 0.6 is 11.8 Å². The SMILES string of the molecule is C=CCn1c(CCc2ccccc2)nnc1SCCC(=O)NCc1ccc(OC)cc1. The third kappa shape index (κ3) is 7.00. The van der Waals surface area contributed by atoms with E-state index >= 15 is 0 Å². The molecule has 0 spiro atoms. The molecule has 0 saturated heterocycles. The molecule has 162 valence electrons. The highest BCUT2D eigenvalue weighted by atomic mass is 32.2. The Morgan fingerprint density at radius 1 is 1.10 bits per heavy atom. The van der Waals surface area contributed by atoms with Gasteiger partial charge in [-0.3, -0.25) is 4.79 Å². The Morgan fingerprint density at radius 2 is 1.87 bits per heavy atom. The van der Waals surface area contributed by atoms with E-state index in [0.717, 1.165) is 35.1 Å². The third-order valence-corrected chi connectivity index (χ3v) is 5.76. The van der Waals surface area contributed by atoms with Crippen LogP contribution in [0.4, 0.5) is 0 Å². The van der Waals surface area contributed by atoms with Gasteiger partial charge in [0.25, 0.3) is 0 Å². The first-order chi connectivity index (χ1) is 15.2. The summed E-state index contributed by atoms with van der Waals surface area (Å²) in [6.07, 6.45) is 3.99. The summed E-state index contributed by atoms with van der Waals surface area (Å²) < 4.78 is 7.23. The van der Waals surface area contributed by atoms with Crippen LogP contribution in [-0.2, 0) is 30.7 Å². The van der Waals surface area contributed by atoms with Crippen molar-refractivity contribution in [3.05, 3.63) is 84.2 Å². The van der Waals surface area contributed by atoms with Crippen molar-refractivity contribution >= 4 is 17.7 Å². The zero-order valence-electron chi connectivity index (χ0n) is 17.8. The Kier molecular flexibility index (Phi) is 8.72. The summed E-state index contributed by atoms with van der Waals surface area (Å²) in [4.78, 5) is 12.2. The number of aryl methyl sites for hydroxylation is 2. The topological polar surface area (TPSA) is 69.0 Å². The molecular formula is C24H28N4O2S. The molecule has 3 aromatic rings. The molecule has 0 aliphatic carbocycles. The fourth-order valence-electron chi connectivity index (χ4n) is 3.09. The average molecular weight is 437 g/mol. The molecule has 0 bridgehead atoms. The molecular weight excluding hydrogens is 408 g/mol. The van der Waals surface area contributed by atoms with E-state index in [9.17, 15) is 4.79 Å². The molecule has 1 aromatic heterocycles. The molecule has 1 N–H and O–H groups in total. The number of amides is 1. The number of benzene rings is 2. The first kappa shape index (κ1) is 22.6. The Morgan fingerprint density at radius 3 is 2.58 bits per heavy atom. The molecule has 7 heteroatoms. The summed E-state index contributed by atoms with van der Waals surface area (Å²) in [6.45, 7) is 5.01. The number of carbonyl (C=O) groups is 1. The first-order valence-corrected chi connectivity index (χ1v) is 11.3. The summed E-state index contributed by atoms with van der Waals surface area (Å²) in [5, 5.41) is 12.5. The molecule has 0 radical (unpaired) electrons. The lowest BCUT2D eigenvalue weighted by Crippen LogP contribution is -2.23. The van der Waals surface area contributed by atoms with Gasteiger partial charge in [0.15, 0.2) is 5.16 Å². The van der Waals surface area contributed by atoms with E-state index in [-0.39, 0.29) is 5.91 Å². The van der Waals surface area contributed by atoms with Crippen molar-refractivity contribution in [1.82, 2.24) is 20.1 Å². The monoisotopic (exact) mass is 436 g/mol. The quantitative estimate of drug-likeness (QED) is 0.343. The van der Waals surface area contributed by atoms with Gasteiger partial charge in [-0.25, -0.2) is 0 Å². The normalized spacial score (nSPS) is 10.6. The molecule has 3 rings (SSSR count). The maximum atomic E-state index is 12.2. The third-order valence-electron chi connectivity index (χ3n) is 4.79. The molecule has 0 fully saturated rings. The lowest BCUT2D eigenvalue weighted by atomic mass is 10.1. The van der Waals surface area contributed by atoms with Crippen molar-refractivity contribution in [2.45, 2.75) is 37.5 Å². The molecule has 1 amide bonds. The highest BCUT2D eigenvalue weighted by molar-refractivity contribution is 7.99. The predicted molar refractivity (Wildman–Crippen MR) is 124 cm³/mol. The molecule has 0 unspecified atom stereocenters. The maximum Gasteiger partial charge on any atom is 0.221 e. The Bertz CT molecular complexity index is 971. The fraction of sp³-hybridized carbons (Fsp3) is 0.292. The van der Waals surface area contributed by atoms with Crippen LogP contribution in [-0.4, -0.2) is 33.5 Å². The predicted octanol–water partition coefficient (Wildman–Crippen LogP) is 4.06. The summed E-state index contributed by atoms with van der Waals surface area (Å²) in [5.41, 5.74) is 2.31. The lowest BCUT2D eigenvalue weighted by molar-refractivity contribution is -0.120. The van der Waals surface area contributed by atoms with Gasteiger partial charge < -0.3 is 14.6 Å². The zero-order valence-corrected chi connectivity index (χ0v) is 18.6. The van der Waals surface area contributed by atoms with Crippen molar-refractivity contribution in [1.29, 1.82) is 0 Å². The molecule has 6 nitrogen and oxygen atoms in total. The van der Waals surface area contributed by atoms with Crippen LogP contribution in [0, 0.1) is 0 Å². The van der Waals surface area contributed by atoms with Crippen molar-refractivity contribution in [3.8, 4) is 5.75 Å². The van der Waals surface area contributed by atoms with E-state index < -0.39 is 0 Å². The van der Waals surface area contributed by atoms with Crippen molar-refractivity contribution in [3.63, 3.8) is 0 Å². The first-order valence-electron chi connectivity index (χ1n) is 10.3. The minimum Gasteiger partial charge on any atom is -0.497 e. The van der Waals surface area contributed by atoms with Gasteiger partial charge in [0.2, 0.25) is 5.91 Å². The van der Waals surface area contributed by atoms with E-state index in [1.54, 1.807) is 18.9 Å². The number of carbonyl (C=O) groups excluding carboxylic acids is 1. The molecule has 2 aromatic carbocycles. The fourth-order valence-corrected chi connectivity index (χ4v) is 4.00. The second kappa shape index (κ2) is 12.0. The summed E-state index contributed by atoms with van der Waals surface area (Å²) in [5.74, 6) is 2.40. The van der Waals surface area contributed by atoms with E-state index in [1.165, 1.54) is 5.56 Å². The zero-order chi connectivity index (χ0) is 21.9. The Labute approximate surface area is 187 Å². The second-order valence-electron chi connectivity index (χ2n) is 7.01. The number of ether oxygens (including phenoxy) is 1. The van der Waals surface area contributed by atoms with Crippen LogP contribution in [0.3, 0.4) is 0 Å².